The van der Waals surface area contributed by atoms with Crippen LogP contribution in [-0.4, -0.2) is 102 Å². The van der Waals surface area contributed by atoms with Crippen LogP contribution in [-0.2, 0) is 28.9 Å². The monoisotopic (exact) mass is 800 g/mol. The molecule has 0 radical (unpaired) electrons. The minimum Gasteiger partial charge on any atom is -0.453 e. The van der Waals surface area contributed by atoms with E-state index in [1.165, 1.54) is 14.2 Å². The molecule has 57 heavy (non-hydrogen) atoms. The number of benzene rings is 2. The fourth-order valence-electron chi connectivity index (χ4n) is 8.08. The molecule has 2 saturated heterocycles. The van der Waals surface area contributed by atoms with Crippen molar-refractivity contribution >= 4 is 33.8 Å². The third-order valence-corrected chi connectivity index (χ3v) is 13.0. The molecule has 4 unspecified atom stereocenters. The Kier molecular flexibility index (Phi) is 10.9. The summed E-state index contributed by atoms with van der Waals surface area (Å²) in [4.78, 5) is 70.9. The lowest BCUT2D eigenvalue weighted by Gasteiger charge is -2.30. The molecule has 4 aromatic rings. The molecule has 7 rings (SSSR count). The molecule has 0 bridgehead atoms. The van der Waals surface area contributed by atoms with Gasteiger partial charge in [0.15, 0.2) is 0 Å². The van der Waals surface area contributed by atoms with Gasteiger partial charge in [-0.1, -0.05) is 52.0 Å². The Labute approximate surface area is 331 Å². The van der Waals surface area contributed by atoms with Crippen LogP contribution in [0.1, 0.15) is 77.1 Å². The number of rotatable bonds is 10. The summed E-state index contributed by atoms with van der Waals surface area (Å²) in [7, 11) is -1.39. The molecule has 16 nitrogen and oxygen atoms in total. The smallest absolute Gasteiger partial charge is 0.407 e. The van der Waals surface area contributed by atoms with Gasteiger partial charge in [-0.05, 0) is 49.7 Å². The number of imidazole rings is 2. The molecule has 3 aliphatic rings. The van der Waals surface area contributed by atoms with E-state index in [-0.39, 0.29) is 45.5 Å². The molecule has 3 aliphatic heterocycles. The first-order valence-corrected chi connectivity index (χ1v) is 20.7. The number of aromatic nitrogens is 4. The molecule has 302 valence electrons. The maximum Gasteiger partial charge on any atom is 0.407 e. The fraction of sp³-hybridized carbons (Fsp3) is 0.450. The number of carbonyl (C=O) groups excluding carboxylic acids is 4. The van der Waals surface area contributed by atoms with Crippen LogP contribution >= 0.6 is 0 Å². The normalized spacial score (nSPS) is 19.3. The summed E-state index contributed by atoms with van der Waals surface area (Å²) in [6.45, 7) is 8.45. The third-order valence-electron chi connectivity index (χ3n) is 11.1. The van der Waals surface area contributed by atoms with E-state index >= 15 is 0 Å². The molecule has 2 aromatic heterocycles. The third kappa shape index (κ3) is 7.35. The standard InChI is InChI=1S/C40H48N8O8S/c1-21(2)33(45-39(51)55-5)37(49)47-15-7-9-29(47)35-41-19-27(43-35)23-11-13-25-26-14-12-24(18-32(26)57(53,54)31(25)17-23)28-20-42-36(44-28)30-10-8-16-48(30)38(50)34(22(3)4)46-40(52)56-6/h11-14,17-22,29-30,33-34H,7-10,15-16H2,1-6H3,(H,41,43)(H,42,44)(H,45,51)(H,46,52). The van der Waals surface area contributed by atoms with Gasteiger partial charge < -0.3 is 39.9 Å². The first kappa shape index (κ1) is 39.5. The van der Waals surface area contributed by atoms with Crippen molar-refractivity contribution in [3.05, 3.63) is 60.4 Å². The van der Waals surface area contributed by atoms with Crippen molar-refractivity contribution < 1.29 is 37.1 Å². The molecular weight excluding hydrogens is 753 g/mol. The van der Waals surface area contributed by atoms with E-state index in [0.717, 1.165) is 12.8 Å². The SMILES string of the molecule is COC(=O)NC(C(=O)N1CCCC1c1ncc(-c2ccc3c(c2)S(=O)(=O)c2cc(-c4cnc(C5CCCN5C(=O)C(NC(=O)OC)C(C)C)[nH]4)ccc2-3)[nH]1)C(C)C. The van der Waals surface area contributed by atoms with Crippen LogP contribution in [0.2, 0.25) is 0 Å². The van der Waals surface area contributed by atoms with Crippen LogP contribution in [0.3, 0.4) is 0 Å². The van der Waals surface area contributed by atoms with E-state index in [1.807, 2.05) is 39.8 Å². The number of hydrogen-bond donors (Lipinski definition) is 4. The summed E-state index contributed by atoms with van der Waals surface area (Å²) in [5.74, 6) is 0.380. The van der Waals surface area contributed by atoms with Gasteiger partial charge in [-0.3, -0.25) is 9.59 Å². The first-order chi connectivity index (χ1) is 27.2. The second-order valence-corrected chi connectivity index (χ2v) is 17.3. The zero-order valence-electron chi connectivity index (χ0n) is 32.8. The minimum atomic E-state index is -3.91. The molecule has 4 amide bonds. The molecule has 2 fully saturated rings. The van der Waals surface area contributed by atoms with E-state index in [1.54, 1.807) is 46.5 Å². The van der Waals surface area contributed by atoms with Crippen molar-refractivity contribution in [2.45, 2.75) is 87.3 Å². The molecule has 17 heteroatoms. The lowest BCUT2D eigenvalue weighted by Crippen LogP contribution is -2.51. The summed E-state index contributed by atoms with van der Waals surface area (Å²) in [6.07, 6.45) is 4.83. The van der Waals surface area contributed by atoms with Crippen molar-refractivity contribution in [3.8, 4) is 33.6 Å². The number of ether oxygens (including phenoxy) is 2. The second kappa shape index (κ2) is 15.7. The highest BCUT2D eigenvalue weighted by atomic mass is 32.2. The number of aromatic amines is 2. The number of alkyl carbamates (subject to hydrolysis) is 2. The topological polar surface area (TPSA) is 209 Å². The average Bonchev–Trinajstić information content (AvgIpc) is 4.05. The Morgan fingerprint density at radius 1 is 0.702 bits per heavy atom. The van der Waals surface area contributed by atoms with Gasteiger partial charge in [0.25, 0.3) is 0 Å². The van der Waals surface area contributed by atoms with E-state index in [9.17, 15) is 27.6 Å². The van der Waals surface area contributed by atoms with E-state index < -0.39 is 34.1 Å². The number of fused-ring (bicyclic) bond motifs is 3. The number of sulfone groups is 1. The van der Waals surface area contributed by atoms with Gasteiger partial charge in [-0.15, -0.1) is 0 Å². The number of H-pyrrole nitrogens is 2. The lowest BCUT2D eigenvalue weighted by atomic mass is 10.0. The Morgan fingerprint density at radius 3 is 1.47 bits per heavy atom. The summed E-state index contributed by atoms with van der Waals surface area (Å²) in [5, 5.41) is 5.31. The number of methoxy groups -OCH3 is 2. The van der Waals surface area contributed by atoms with Crippen LogP contribution in [0.15, 0.2) is 58.6 Å². The Morgan fingerprint density at radius 2 is 1.11 bits per heavy atom. The van der Waals surface area contributed by atoms with Gasteiger partial charge in [-0.2, -0.15) is 0 Å². The predicted octanol–water partition coefficient (Wildman–Crippen LogP) is 5.37. The zero-order chi connectivity index (χ0) is 40.8. The quantitative estimate of drug-likeness (QED) is 0.142. The van der Waals surface area contributed by atoms with Crippen molar-refractivity contribution in [2.75, 3.05) is 27.3 Å². The molecule has 4 atom stereocenters. The van der Waals surface area contributed by atoms with E-state index in [0.29, 0.717) is 71.2 Å². The van der Waals surface area contributed by atoms with Gasteiger partial charge in [-0.25, -0.2) is 28.0 Å². The number of hydrogen-bond acceptors (Lipinski definition) is 10. The molecule has 0 spiro atoms. The highest BCUT2D eigenvalue weighted by Gasteiger charge is 2.40. The Balaban J connectivity index is 1.10. The lowest BCUT2D eigenvalue weighted by molar-refractivity contribution is -0.136. The molecule has 4 N–H and O–H groups in total. The van der Waals surface area contributed by atoms with Gasteiger partial charge in [0, 0.05) is 35.3 Å². The van der Waals surface area contributed by atoms with Crippen molar-refractivity contribution in [1.82, 2.24) is 40.4 Å². The van der Waals surface area contributed by atoms with Crippen LogP contribution < -0.4 is 10.6 Å². The van der Waals surface area contributed by atoms with Gasteiger partial charge in [0.05, 0.1) is 59.9 Å². The van der Waals surface area contributed by atoms with Crippen LogP contribution in [0.5, 0.6) is 0 Å². The number of carbonyl (C=O) groups is 4. The highest BCUT2D eigenvalue weighted by Crippen LogP contribution is 2.46. The number of amides is 4. The largest absolute Gasteiger partial charge is 0.453 e. The highest BCUT2D eigenvalue weighted by molar-refractivity contribution is 7.92. The molecular formula is C40H48N8O8S. The predicted molar refractivity (Wildman–Crippen MR) is 208 cm³/mol. The maximum absolute atomic E-state index is 14.1. The molecule has 0 saturated carbocycles. The molecule has 2 aromatic carbocycles. The van der Waals surface area contributed by atoms with Gasteiger partial charge >= 0.3 is 12.2 Å². The maximum atomic E-state index is 14.1. The molecule has 0 aliphatic carbocycles. The average molecular weight is 801 g/mol. The van der Waals surface area contributed by atoms with Crippen LogP contribution in [0.25, 0.3) is 33.6 Å². The number of nitrogens with zero attached hydrogens (tertiary/aromatic N) is 4. The van der Waals surface area contributed by atoms with Crippen LogP contribution in [0, 0.1) is 11.8 Å². The van der Waals surface area contributed by atoms with Gasteiger partial charge in [0.1, 0.15) is 23.7 Å². The van der Waals surface area contributed by atoms with Crippen molar-refractivity contribution in [3.63, 3.8) is 0 Å². The summed E-state index contributed by atoms with van der Waals surface area (Å²) in [5.41, 5.74) is 3.66. The van der Waals surface area contributed by atoms with Crippen LogP contribution in [0.4, 0.5) is 9.59 Å². The zero-order valence-corrected chi connectivity index (χ0v) is 33.6. The van der Waals surface area contributed by atoms with Gasteiger partial charge in [0.2, 0.25) is 21.7 Å². The molecule has 5 heterocycles. The van der Waals surface area contributed by atoms with E-state index in [2.05, 4.69) is 30.6 Å². The van der Waals surface area contributed by atoms with E-state index in [4.69, 9.17) is 9.47 Å². The summed E-state index contributed by atoms with van der Waals surface area (Å²) in [6, 6.07) is 8.38. The number of likely N-dealkylation sites (tertiary alicyclic amines) is 2. The first-order valence-electron chi connectivity index (χ1n) is 19.2. The Hall–Kier alpha value is -5.71. The van der Waals surface area contributed by atoms with Crippen molar-refractivity contribution in [1.29, 1.82) is 0 Å². The number of nitrogens with one attached hydrogen (secondary N) is 4. The fourth-order valence-corrected chi connectivity index (χ4v) is 9.82. The summed E-state index contributed by atoms with van der Waals surface area (Å²) < 4.78 is 37.7. The second-order valence-electron chi connectivity index (χ2n) is 15.4. The Bertz CT molecular complexity index is 2160. The minimum absolute atomic E-state index is 0.169. The van der Waals surface area contributed by atoms with Crippen molar-refractivity contribution in [2.24, 2.45) is 11.8 Å². The summed E-state index contributed by atoms with van der Waals surface area (Å²) >= 11 is 0.